The summed E-state index contributed by atoms with van der Waals surface area (Å²) in [6.45, 7) is 3.00. The Kier molecular flexibility index (Phi) is 8.67. The lowest BCUT2D eigenvalue weighted by molar-refractivity contribution is -0.318. The topological polar surface area (TPSA) is 168 Å². The Morgan fingerprint density at radius 2 is 1.52 bits per heavy atom. The van der Waals surface area contributed by atoms with Crippen LogP contribution in [-0.4, -0.2) is 106 Å². The molecule has 3 rings (SSSR count). The first kappa shape index (κ1) is 25.8. The molecular weight excluding hydrogens is 440 g/mol. The van der Waals surface area contributed by atoms with Crippen LogP contribution in [0.4, 0.5) is 0 Å². The zero-order valence-corrected chi connectivity index (χ0v) is 18.6. The standard InChI is InChI=1S/C22H32O11/c1-4-5-11-6-7-12(13(8-11)29-3)32-22-20(28)18(26)16(24)14(33-22)9-30-21-19(27)17(25)15(23)10(2)31-21/h4-8,10,14-28H,9H2,1-3H3/b5-4-/t10-,14+,15-,16+,17+,18-,19+,20+,21+,22+/m0/s1. The van der Waals surface area contributed by atoms with Crippen molar-refractivity contribution in [3.63, 3.8) is 0 Å². The average Bonchev–Trinajstić information content (AvgIpc) is 2.81. The Balaban J connectivity index is 1.69. The lowest BCUT2D eigenvalue weighted by Crippen LogP contribution is -2.61. The number of rotatable bonds is 7. The van der Waals surface area contributed by atoms with Crippen molar-refractivity contribution >= 4 is 6.08 Å². The van der Waals surface area contributed by atoms with Gasteiger partial charge in [-0.25, -0.2) is 0 Å². The normalized spacial score (nSPS) is 39.5. The van der Waals surface area contributed by atoms with E-state index in [2.05, 4.69) is 0 Å². The summed E-state index contributed by atoms with van der Waals surface area (Å²) in [5, 5.41) is 60.8. The summed E-state index contributed by atoms with van der Waals surface area (Å²) in [7, 11) is 1.46. The van der Waals surface area contributed by atoms with E-state index in [-0.39, 0.29) is 12.4 Å². The Morgan fingerprint density at radius 1 is 0.848 bits per heavy atom. The van der Waals surface area contributed by atoms with E-state index in [1.807, 2.05) is 19.1 Å². The van der Waals surface area contributed by atoms with Gasteiger partial charge in [-0.15, -0.1) is 0 Å². The van der Waals surface area contributed by atoms with Crippen LogP contribution in [0.25, 0.3) is 6.08 Å². The molecule has 0 aliphatic carbocycles. The Hall–Kier alpha value is -1.80. The maximum absolute atomic E-state index is 10.4. The molecule has 0 spiro atoms. The number of aliphatic hydroxyl groups excluding tert-OH is 6. The van der Waals surface area contributed by atoms with Gasteiger partial charge in [0.2, 0.25) is 6.29 Å². The number of aliphatic hydroxyl groups is 6. The Labute approximate surface area is 191 Å². The first-order valence-corrected chi connectivity index (χ1v) is 10.7. The van der Waals surface area contributed by atoms with E-state index < -0.39 is 61.4 Å². The van der Waals surface area contributed by atoms with Crippen LogP contribution in [0.2, 0.25) is 0 Å². The van der Waals surface area contributed by atoms with E-state index in [4.69, 9.17) is 23.7 Å². The van der Waals surface area contributed by atoms with Gasteiger partial charge in [0.1, 0.15) is 42.7 Å². The van der Waals surface area contributed by atoms with Gasteiger partial charge in [-0.3, -0.25) is 0 Å². The van der Waals surface area contributed by atoms with Crippen molar-refractivity contribution in [2.75, 3.05) is 13.7 Å². The fourth-order valence-electron chi connectivity index (χ4n) is 3.70. The molecule has 1 aromatic carbocycles. The minimum Gasteiger partial charge on any atom is -0.493 e. The molecule has 1 aromatic rings. The Morgan fingerprint density at radius 3 is 2.18 bits per heavy atom. The smallest absolute Gasteiger partial charge is 0.229 e. The molecule has 186 valence electrons. The zero-order chi connectivity index (χ0) is 24.3. The van der Waals surface area contributed by atoms with Gasteiger partial charge < -0.3 is 54.3 Å². The second kappa shape index (κ2) is 11.1. The fraction of sp³-hybridized carbons (Fsp3) is 0.636. The van der Waals surface area contributed by atoms with Crippen LogP contribution in [0.5, 0.6) is 11.5 Å². The molecule has 2 fully saturated rings. The SMILES string of the molecule is C/C=C\c1ccc(O[C@@H]2O[C@H](CO[C@@H]3O[C@@H](C)[C@H](O)[C@@H](O)[C@H]3O)[C@@H](O)[C@H](O)[C@H]2O)c(OC)c1. The van der Waals surface area contributed by atoms with Crippen LogP contribution in [0.15, 0.2) is 24.3 Å². The van der Waals surface area contributed by atoms with E-state index in [0.29, 0.717) is 5.75 Å². The second-order valence-corrected chi connectivity index (χ2v) is 8.06. The molecule has 2 heterocycles. The highest BCUT2D eigenvalue weighted by molar-refractivity contribution is 5.55. The molecule has 33 heavy (non-hydrogen) atoms. The van der Waals surface area contributed by atoms with E-state index in [9.17, 15) is 30.6 Å². The van der Waals surface area contributed by atoms with Crippen LogP contribution in [0.1, 0.15) is 19.4 Å². The van der Waals surface area contributed by atoms with Gasteiger partial charge in [-0.05, 0) is 31.5 Å². The van der Waals surface area contributed by atoms with Gasteiger partial charge in [0.05, 0.1) is 19.8 Å². The van der Waals surface area contributed by atoms with Crippen molar-refractivity contribution in [2.24, 2.45) is 0 Å². The average molecular weight is 472 g/mol. The molecule has 0 unspecified atom stereocenters. The minimum absolute atomic E-state index is 0.245. The summed E-state index contributed by atoms with van der Waals surface area (Å²) in [6.07, 6.45) is -9.99. The van der Waals surface area contributed by atoms with Gasteiger partial charge in [0.15, 0.2) is 17.8 Å². The molecule has 6 N–H and O–H groups in total. The summed E-state index contributed by atoms with van der Waals surface area (Å²) in [5.74, 6) is 0.616. The van der Waals surface area contributed by atoms with Crippen LogP contribution in [0, 0.1) is 0 Å². The first-order valence-electron chi connectivity index (χ1n) is 10.7. The summed E-state index contributed by atoms with van der Waals surface area (Å²) in [4.78, 5) is 0. The van der Waals surface area contributed by atoms with Crippen molar-refractivity contribution in [1.29, 1.82) is 0 Å². The fourth-order valence-corrected chi connectivity index (χ4v) is 3.70. The predicted molar refractivity (Wildman–Crippen MR) is 113 cm³/mol. The molecule has 0 saturated carbocycles. The number of ether oxygens (including phenoxy) is 5. The summed E-state index contributed by atoms with van der Waals surface area (Å²) >= 11 is 0. The van der Waals surface area contributed by atoms with Crippen LogP contribution >= 0.6 is 0 Å². The van der Waals surface area contributed by atoms with Crippen LogP contribution < -0.4 is 9.47 Å². The molecule has 0 amide bonds. The van der Waals surface area contributed by atoms with E-state index in [1.54, 1.807) is 18.2 Å². The van der Waals surface area contributed by atoms with Crippen molar-refractivity contribution < 1.29 is 54.3 Å². The van der Waals surface area contributed by atoms with E-state index >= 15 is 0 Å². The third-order valence-corrected chi connectivity index (χ3v) is 5.69. The summed E-state index contributed by atoms with van der Waals surface area (Å²) in [5.41, 5.74) is 0.862. The van der Waals surface area contributed by atoms with Gasteiger partial charge >= 0.3 is 0 Å². The maximum atomic E-state index is 10.4. The second-order valence-electron chi connectivity index (χ2n) is 8.06. The molecule has 10 atom stereocenters. The zero-order valence-electron chi connectivity index (χ0n) is 18.6. The molecular formula is C22H32O11. The minimum atomic E-state index is -1.62. The molecule has 11 nitrogen and oxygen atoms in total. The first-order chi connectivity index (χ1) is 15.7. The van der Waals surface area contributed by atoms with E-state index in [1.165, 1.54) is 14.0 Å². The number of methoxy groups -OCH3 is 1. The van der Waals surface area contributed by atoms with E-state index in [0.717, 1.165) is 5.56 Å². The number of hydrogen-bond acceptors (Lipinski definition) is 11. The molecule has 0 aromatic heterocycles. The maximum Gasteiger partial charge on any atom is 0.229 e. The third-order valence-electron chi connectivity index (χ3n) is 5.69. The summed E-state index contributed by atoms with van der Waals surface area (Å²) < 4.78 is 27.5. The number of allylic oxidation sites excluding steroid dienone is 1. The molecule has 2 aliphatic heterocycles. The van der Waals surface area contributed by atoms with Gasteiger partial charge in [0.25, 0.3) is 0 Å². The molecule has 0 radical (unpaired) electrons. The number of hydrogen-bond donors (Lipinski definition) is 6. The highest BCUT2D eigenvalue weighted by Crippen LogP contribution is 2.32. The number of benzene rings is 1. The van der Waals surface area contributed by atoms with Gasteiger partial charge in [0, 0.05) is 0 Å². The monoisotopic (exact) mass is 472 g/mol. The van der Waals surface area contributed by atoms with Crippen LogP contribution in [-0.2, 0) is 14.2 Å². The van der Waals surface area contributed by atoms with Crippen molar-refractivity contribution in [3.05, 3.63) is 29.8 Å². The lowest BCUT2D eigenvalue weighted by Gasteiger charge is -2.42. The van der Waals surface area contributed by atoms with Crippen LogP contribution in [0.3, 0.4) is 0 Å². The Bertz CT molecular complexity index is 803. The molecule has 2 aliphatic rings. The van der Waals surface area contributed by atoms with Crippen molar-refractivity contribution in [2.45, 2.75) is 75.3 Å². The molecule has 2 saturated heterocycles. The highest BCUT2D eigenvalue weighted by Gasteiger charge is 2.47. The lowest BCUT2D eigenvalue weighted by atomic mass is 9.98. The summed E-state index contributed by atoms with van der Waals surface area (Å²) in [6, 6.07) is 5.11. The largest absolute Gasteiger partial charge is 0.493 e. The highest BCUT2D eigenvalue weighted by atomic mass is 16.7. The van der Waals surface area contributed by atoms with Gasteiger partial charge in [-0.1, -0.05) is 18.2 Å². The van der Waals surface area contributed by atoms with Crippen molar-refractivity contribution in [3.8, 4) is 11.5 Å². The van der Waals surface area contributed by atoms with Gasteiger partial charge in [-0.2, -0.15) is 0 Å². The molecule has 11 heteroatoms. The predicted octanol–water partition coefficient (Wildman–Crippen LogP) is -1.24. The quantitative estimate of drug-likeness (QED) is 0.281. The molecule has 0 bridgehead atoms. The third kappa shape index (κ3) is 5.65. The van der Waals surface area contributed by atoms with Crippen molar-refractivity contribution in [1.82, 2.24) is 0 Å².